The molecule has 0 bridgehead atoms. The lowest BCUT2D eigenvalue weighted by Crippen LogP contribution is -2.22. The van der Waals surface area contributed by atoms with Gasteiger partial charge in [0.2, 0.25) is 0 Å². The van der Waals surface area contributed by atoms with Crippen LogP contribution in [0, 0.1) is 0 Å². The van der Waals surface area contributed by atoms with E-state index in [0.717, 1.165) is 0 Å². The molecule has 9 heteroatoms. The third kappa shape index (κ3) is 22.8. The van der Waals surface area contributed by atoms with Crippen LogP contribution < -0.4 is 5.90 Å². The Labute approximate surface area is 68.5 Å². The minimum atomic E-state index is -4.67. The van der Waals surface area contributed by atoms with Crippen LogP contribution in [-0.4, -0.2) is 34.7 Å². The second-order valence-corrected chi connectivity index (χ2v) is 2.46. The first-order valence-corrected chi connectivity index (χ1v) is 3.86. The number of hydrogen-bond donors (Lipinski definition) is 4. The molecule has 0 aromatic heterocycles. The number of aliphatic hydroxyl groups excluding tert-OH is 1. The highest BCUT2D eigenvalue weighted by Crippen LogP contribution is 1.78. The van der Waals surface area contributed by atoms with Crippen LogP contribution in [0.1, 0.15) is 6.92 Å². The van der Waals surface area contributed by atoms with Gasteiger partial charge in [0.1, 0.15) is 0 Å². The van der Waals surface area contributed by atoms with Crippen LogP contribution in [0.3, 0.4) is 0 Å². The largest absolute Gasteiger partial charge is 0.394 e. The maximum Gasteiger partial charge on any atom is 0.394 e. The third-order valence-corrected chi connectivity index (χ3v) is 0.457. The molecule has 74 valence electrons. The van der Waals surface area contributed by atoms with Crippen molar-refractivity contribution in [2.75, 3.05) is 0 Å². The summed E-state index contributed by atoms with van der Waals surface area (Å²) in [5.41, 5.74) is 0. The summed E-state index contributed by atoms with van der Waals surface area (Å²) in [6, 6.07) is 0. The quantitative estimate of drug-likeness (QED) is 0.286. The fourth-order valence-corrected chi connectivity index (χ4v) is 0.0985. The highest BCUT2D eigenvalue weighted by Gasteiger charge is 2.06. The molecule has 0 aliphatic rings. The summed E-state index contributed by atoms with van der Waals surface area (Å²) in [5.74, 6) is 3.54. The van der Waals surface area contributed by atoms with E-state index in [0.29, 0.717) is 0 Å². The Kier molecular flexibility index (Phi) is 6.74. The monoisotopic (exact) mass is 203 g/mol. The predicted molar refractivity (Wildman–Crippen MR) is 36.1 cm³/mol. The molecule has 12 heavy (non-hydrogen) atoms. The van der Waals surface area contributed by atoms with Crippen molar-refractivity contribution >= 4 is 16.4 Å². The fourth-order valence-electron chi connectivity index (χ4n) is 0.0985. The SMILES string of the molecule is CC(O)C(=O)ON.O=S(=O)(O)O. The van der Waals surface area contributed by atoms with Crippen molar-refractivity contribution in [3.05, 3.63) is 0 Å². The molecule has 0 aliphatic carbocycles. The smallest absolute Gasteiger partial charge is 0.382 e. The van der Waals surface area contributed by atoms with Gasteiger partial charge in [-0.2, -0.15) is 14.3 Å². The molecule has 0 aromatic carbocycles. The van der Waals surface area contributed by atoms with Gasteiger partial charge >= 0.3 is 16.4 Å². The molecule has 0 saturated carbocycles. The first-order chi connectivity index (χ1) is 5.18. The van der Waals surface area contributed by atoms with E-state index >= 15 is 0 Å². The summed E-state index contributed by atoms with van der Waals surface area (Å²) in [5, 5.41) is 8.27. The number of aliphatic hydroxyl groups is 1. The predicted octanol–water partition coefficient (Wildman–Crippen LogP) is -1.87. The molecule has 0 fully saturated rings. The number of carbonyl (C=O) groups is 1. The number of nitrogens with two attached hydrogens (primary N) is 1. The van der Waals surface area contributed by atoms with Crippen LogP contribution in [0.5, 0.6) is 0 Å². The van der Waals surface area contributed by atoms with Crippen LogP contribution in [0.2, 0.25) is 0 Å². The van der Waals surface area contributed by atoms with Crippen molar-refractivity contribution in [3.8, 4) is 0 Å². The van der Waals surface area contributed by atoms with Gasteiger partial charge < -0.3 is 9.94 Å². The normalized spacial score (nSPS) is 12.4. The first-order valence-electron chi connectivity index (χ1n) is 2.47. The number of hydrogen-bond acceptors (Lipinski definition) is 6. The van der Waals surface area contributed by atoms with Crippen LogP contribution in [0.25, 0.3) is 0 Å². The summed E-state index contributed by atoms with van der Waals surface area (Å²) in [4.78, 5) is 13.5. The zero-order valence-corrected chi connectivity index (χ0v) is 6.85. The average Bonchev–Trinajstić information content (AvgIpc) is 1.82. The molecule has 0 saturated heterocycles. The highest BCUT2D eigenvalue weighted by atomic mass is 32.3. The molecule has 8 nitrogen and oxygen atoms in total. The van der Waals surface area contributed by atoms with Gasteiger partial charge in [-0.25, -0.2) is 4.79 Å². The molecule has 0 aromatic rings. The average molecular weight is 203 g/mol. The van der Waals surface area contributed by atoms with Gasteiger partial charge in [0.25, 0.3) is 0 Å². The standard InChI is InChI=1S/C3H7NO3.H2O4S/c1-2(5)3(6)7-4;1-5(2,3)4/h2,5H,4H2,1H3;(H2,1,2,3,4). The Bertz CT molecular complexity index is 211. The Hall–Kier alpha value is -0.740. The first kappa shape index (κ1) is 13.8. The molecule has 1 atom stereocenters. The number of carbonyl (C=O) groups excluding carboxylic acids is 1. The molecule has 1 unspecified atom stereocenters. The third-order valence-electron chi connectivity index (χ3n) is 0.457. The molecule has 5 N–H and O–H groups in total. The van der Waals surface area contributed by atoms with Gasteiger partial charge in [-0.1, -0.05) is 0 Å². The van der Waals surface area contributed by atoms with E-state index < -0.39 is 22.5 Å². The van der Waals surface area contributed by atoms with Crippen molar-refractivity contribution in [2.45, 2.75) is 13.0 Å². The zero-order valence-electron chi connectivity index (χ0n) is 6.04. The van der Waals surface area contributed by atoms with E-state index in [1.165, 1.54) is 6.92 Å². The lowest BCUT2D eigenvalue weighted by atomic mass is 10.4. The van der Waals surface area contributed by atoms with Crippen LogP contribution in [0.15, 0.2) is 0 Å². The minimum Gasteiger partial charge on any atom is -0.382 e. The van der Waals surface area contributed by atoms with Gasteiger partial charge in [0.15, 0.2) is 6.10 Å². The van der Waals surface area contributed by atoms with Crippen molar-refractivity contribution in [1.29, 1.82) is 0 Å². The summed E-state index contributed by atoms with van der Waals surface area (Å²) in [6.45, 7) is 1.27. The Morgan fingerprint density at radius 1 is 1.50 bits per heavy atom. The Morgan fingerprint density at radius 3 is 1.75 bits per heavy atom. The van der Waals surface area contributed by atoms with E-state index in [1.807, 2.05) is 0 Å². The van der Waals surface area contributed by atoms with Gasteiger partial charge in [0, 0.05) is 0 Å². The van der Waals surface area contributed by atoms with E-state index in [-0.39, 0.29) is 0 Å². The van der Waals surface area contributed by atoms with Gasteiger partial charge in [-0.15, -0.1) is 0 Å². The molecule has 0 aliphatic heterocycles. The summed E-state index contributed by atoms with van der Waals surface area (Å²) < 4.78 is 31.6. The maximum atomic E-state index is 9.91. The molecule has 0 rings (SSSR count). The molecule has 0 heterocycles. The minimum absolute atomic E-state index is 0.819. The van der Waals surface area contributed by atoms with Gasteiger partial charge in [-0.3, -0.25) is 9.11 Å². The van der Waals surface area contributed by atoms with Crippen molar-refractivity contribution in [3.63, 3.8) is 0 Å². The van der Waals surface area contributed by atoms with E-state index in [9.17, 15) is 4.79 Å². The van der Waals surface area contributed by atoms with E-state index in [4.69, 9.17) is 22.6 Å². The maximum absolute atomic E-state index is 9.91. The fraction of sp³-hybridized carbons (Fsp3) is 0.667. The summed E-state index contributed by atoms with van der Waals surface area (Å²) in [6.07, 6.45) is -1.12. The second-order valence-electron chi connectivity index (χ2n) is 1.56. The van der Waals surface area contributed by atoms with Gasteiger partial charge in [-0.05, 0) is 6.92 Å². The number of rotatable bonds is 1. The zero-order chi connectivity index (χ0) is 10.4. The van der Waals surface area contributed by atoms with Crippen LogP contribution >= 0.6 is 0 Å². The van der Waals surface area contributed by atoms with Gasteiger partial charge in [0.05, 0.1) is 0 Å². The molecular formula is C3H9NO7S. The van der Waals surface area contributed by atoms with Crippen LogP contribution in [0.4, 0.5) is 0 Å². The van der Waals surface area contributed by atoms with E-state index in [1.54, 1.807) is 0 Å². The topological polar surface area (TPSA) is 147 Å². The lowest BCUT2D eigenvalue weighted by molar-refractivity contribution is -0.153. The van der Waals surface area contributed by atoms with Crippen molar-refractivity contribution < 1.29 is 32.3 Å². The molecular weight excluding hydrogens is 194 g/mol. The highest BCUT2D eigenvalue weighted by molar-refractivity contribution is 7.79. The van der Waals surface area contributed by atoms with Crippen LogP contribution in [-0.2, 0) is 20.0 Å². The molecule has 0 spiro atoms. The second kappa shape index (κ2) is 5.85. The Balaban J connectivity index is 0. The van der Waals surface area contributed by atoms with E-state index in [2.05, 4.69) is 10.7 Å². The Morgan fingerprint density at radius 2 is 1.75 bits per heavy atom. The summed E-state index contributed by atoms with van der Waals surface area (Å²) in [7, 11) is -4.67. The van der Waals surface area contributed by atoms with Crippen molar-refractivity contribution in [2.24, 2.45) is 5.90 Å². The summed E-state index contributed by atoms with van der Waals surface area (Å²) >= 11 is 0. The lowest BCUT2D eigenvalue weighted by Gasteiger charge is -1.96. The molecule has 0 amide bonds. The van der Waals surface area contributed by atoms with Crippen molar-refractivity contribution in [1.82, 2.24) is 0 Å². The molecule has 0 radical (unpaired) electrons.